The van der Waals surface area contributed by atoms with Crippen molar-refractivity contribution < 1.29 is 19.1 Å². The average molecular weight is 296 g/mol. The van der Waals surface area contributed by atoms with E-state index in [1.54, 1.807) is 43.3 Å². The third-order valence-electron chi connectivity index (χ3n) is 3.26. The van der Waals surface area contributed by atoms with Crippen molar-refractivity contribution in [1.29, 1.82) is 0 Å². The van der Waals surface area contributed by atoms with Gasteiger partial charge < -0.3 is 14.3 Å². The molecule has 0 aliphatic carbocycles. The Morgan fingerprint density at radius 3 is 2.59 bits per heavy atom. The van der Waals surface area contributed by atoms with Crippen LogP contribution in [-0.4, -0.2) is 11.1 Å². The molecule has 110 valence electrons. The summed E-state index contributed by atoms with van der Waals surface area (Å²) in [4.78, 5) is 23.7. The molecular weight excluding hydrogens is 284 g/mol. The lowest BCUT2D eigenvalue weighted by molar-refractivity contribution is 0.0730. The zero-order valence-corrected chi connectivity index (χ0v) is 11.7. The zero-order chi connectivity index (χ0) is 15.7. The van der Waals surface area contributed by atoms with Crippen molar-refractivity contribution in [2.24, 2.45) is 0 Å². The molecule has 0 saturated carbocycles. The smallest absolute Gasteiger partial charge is 0.343 e. The molecule has 1 N–H and O–H groups in total. The summed E-state index contributed by atoms with van der Waals surface area (Å²) in [7, 11) is 0. The quantitative estimate of drug-likeness (QED) is 0.447. The minimum Gasteiger partial charge on any atom is -0.504 e. The molecule has 0 unspecified atom stereocenters. The topological polar surface area (TPSA) is 76.7 Å². The second-order valence-corrected chi connectivity index (χ2v) is 4.79. The van der Waals surface area contributed by atoms with Crippen molar-refractivity contribution in [2.75, 3.05) is 0 Å². The van der Waals surface area contributed by atoms with Crippen LogP contribution >= 0.6 is 0 Å². The first-order valence-electron chi connectivity index (χ1n) is 6.60. The molecule has 0 saturated heterocycles. The van der Waals surface area contributed by atoms with Crippen molar-refractivity contribution in [3.05, 3.63) is 70.1 Å². The van der Waals surface area contributed by atoms with Crippen LogP contribution < -0.4 is 10.4 Å². The van der Waals surface area contributed by atoms with E-state index in [4.69, 9.17) is 9.15 Å². The van der Waals surface area contributed by atoms with Gasteiger partial charge in [-0.3, -0.25) is 0 Å². The summed E-state index contributed by atoms with van der Waals surface area (Å²) >= 11 is 0. The Hall–Kier alpha value is -3.08. The van der Waals surface area contributed by atoms with Crippen molar-refractivity contribution in [2.45, 2.75) is 6.92 Å². The van der Waals surface area contributed by atoms with Crippen molar-refractivity contribution in [3.8, 4) is 11.5 Å². The number of benzene rings is 2. The molecular formula is C17H12O5. The molecule has 0 aliphatic rings. The molecule has 0 radical (unpaired) electrons. The van der Waals surface area contributed by atoms with Gasteiger partial charge in [0, 0.05) is 11.5 Å². The summed E-state index contributed by atoms with van der Waals surface area (Å²) in [6.07, 6.45) is 0. The molecule has 22 heavy (non-hydrogen) atoms. The fourth-order valence-corrected chi connectivity index (χ4v) is 2.17. The molecule has 0 amide bonds. The van der Waals surface area contributed by atoms with Gasteiger partial charge in [0.05, 0.1) is 5.56 Å². The van der Waals surface area contributed by atoms with Gasteiger partial charge in [0.15, 0.2) is 11.3 Å². The number of ether oxygens (including phenoxy) is 1. The van der Waals surface area contributed by atoms with E-state index in [0.717, 1.165) is 0 Å². The first kappa shape index (κ1) is 13.9. The highest BCUT2D eigenvalue weighted by molar-refractivity contribution is 5.95. The van der Waals surface area contributed by atoms with E-state index < -0.39 is 11.6 Å². The van der Waals surface area contributed by atoms with E-state index in [2.05, 4.69) is 0 Å². The molecule has 1 heterocycles. The van der Waals surface area contributed by atoms with Gasteiger partial charge in [-0.1, -0.05) is 18.2 Å². The van der Waals surface area contributed by atoms with E-state index in [0.29, 0.717) is 16.5 Å². The van der Waals surface area contributed by atoms with Gasteiger partial charge in [0.1, 0.15) is 0 Å². The largest absolute Gasteiger partial charge is 0.504 e. The molecule has 2 aromatic carbocycles. The molecule has 1 aromatic heterocycles. The number of phenols is 1. The minimum absolute atomic E-state index is 0.0503. The van der Waals surface area contributed by atoms with Gasteiger partial charge in [0.2, 0.25) is 5.75 Å². The predicted molar refractivity (Wildman–Crippen MR) is 80.3 cm³/mol. The number of aromatic hydroxyl groups is 1. The molecule has 0 spiro atoms. The van der Waals surface area contributed by atoms with Gasteiger partial charge in [-0.15, -0.1) is 0 Å². The molecule has 3 aromatic rings. The Morgan fingerprint density at radius 2 is 1.86 bits per heavy atom. The SMILES string of the molecule is Cc1cc(=O)oc2c(OC(=O)c3ccccc3)c(O)ccc12. The van der Waals surface area contributed by atoms with Crippen LogP contribution in [0.3, 0.4) is 0 Å². The normalized spacial score (nSPS) is 10.6. The summed E-state index contributed by atoms with van der Waals surface area (Å²) in [6.45, 7) is 1.74. The molecule has 0 fully saturated rings. The van der Waals surface area contributed by atoms with E-state index in [1.807, 2.05) is 0 Å². The molecule has 0 atom stereocenters. The molecule has 5 heteroatoms. The van der Waals surface area contributed by atoms with Crippen molar-refractivity contribution in [3.63, 3.8) is 0 Å². The van der Waals surface area contributed by atoms with Gasteiger partial charge >= 0.3 is 11.6 Å². The highest BCUT2D eigenvalue weighted by Gasteiger charge is 2.17. The minimum atomic E-state index is -0.646. The second-order valence-electron chi connectivity index (χ2n) is 4.79. The van der Waals surface area contributed by atoms with Crippen LogP contribution in [0.15, 0.2) is 57.7 Å². The number of esters is 1. The van der Waals surface area contributed by atoms with Crippen LogP contribution in [0.2, 0.25) is 0 Å². The number of hydrogen-bond donors (Lipinski definition) is 1. The Labute approximate surface area is 125 Å². The maximum absolute atomic E-state index is 12.1. The van der Waals surface area contributed by atoms with Crippen molar-refractivity contribution >= 4 is 16.9 Å². The van der Waals surface area contributed by atoms with Crippen LogP contribution in [0, 0.1) is 6.92 Å². The van der Waals surface area contributed by atoms with Crippen LogP contribution in [0.25, 0.3) is 11.0 Å². The Morgan fingerprint density at radius 1 is 1.14 bits per heavy atom. The Balaban J connectivity index is 2.12. The maximum atomic E-state index is 12.1. The molecule has 5 nitrogen and oxygen atoms in total. The summed E-state index contributed by atoms with van der Waals surface area (Å²) < 4.78 is 10.3. The highest BCUT2D eigenvalue weighted by Crippen LogP contribution is 2.35. The molecule has 3 rings (SSSR count). The summed E-state index contributed by atoms with van der Waals surface area (Å²) in [6, 6.07) is 12.7. The van der Waals surface area contributed by atoms with E-state index >= 15 is 0 Å². The van der Waals surface area contributed by atoms with E-state index in [9.17, 15) is 14.7 Å². The van der Waals surface area contributed by atoms with Crippen LogP contribution in [0.5, 0.6) is 11.5 Å². The van der Waals surface area contributed by atoms with Gasteiger partial charge in [-0.25, -0.2) is 9.59 Å². The molecule has 0 bridgehead atoms. The average Bonchev–Trinajstić information content (AvgIpc) is 2.50. The van der Waals surface area contributed by atoms with Crippen LogP contribution in [-0.2, 0) is 0 Å². The third kappa shape index (κ3) is 2.44. The number of rotatable bonds is 2. The highest BCUT2D eigenvalue weighted by atomic mass is 16.5. The van der Waals surface area contributed by atoms with E-state index in [-0.39, 0.29) is 17.1 Å². The summed E-state index contributed by atoms with van der Waals surface area (Å²) in [5, 5.41) is 10.5. The predicted octanol–water partition coefficient (Wildman–Crippen LogP) is 3.03. The lowest BCUT2D eigenvalue weighted by Crippen LogP contribution is -2.09. The number of fused-ring (bicyclic) bond motifs is 1. The maximum Gasteiger partial charge on any atom is 0.343 e. The fraction of sp³-hybridized carbons (Fsp3) is 0.0588. The lowest BCUT2D eigenvalue weighted by Gasteiger charge is -2.09. The Kier molecular flexibility index (Phi) is 3.39. The van der Waals surface area contributed by atoms with Gasteiger partial charge in [0.25, 0.3) is 0 Å². The van der Waals surface area contributed by atoms with E-state index in [1.165, 1.54) is 12.1 Å². The summed E-state index contributed by atoms with van der Waals surface area (Å²) in [5.74, 6) is -1.08. The lowest BCUT2D eigenvalue weighted by atomic mass is 10.1. The number of aryl methyl sites for hydroxylation is 1. The van der Waals surface area contributed by atoms with Gasteiger partial charge in [-0.05, 0) is 36.8 Å². The first-order valence-corrected chi connectivity index (χ1v) is 6.60. The second kappa shape index (κ2) is 5.37. The summed E-state index contributed by atoms with van der Waals surface area (Å²) in [5.41, 5.74) is 0.471. The van der Waals surface area contributed by atoms with Crippen LogP contribution in [0.1, 0.15) is 15.9 Å². The molecule has 0 aliphatic heterocycles. The van der Waals surface area contributed by atoms with Gasteiger partial charge in [-0.2, -0.15) is 0 Å². The third-order valence-corrected chi connectivity index (χ3v) is 3.26. The number of phenolic OH excluding ortho intramolecular Hbond substituents is 1. The first-order chi connectivity index (χ1) is 10.6. The Bertz CT molecular complexity index is 909. The van der Waals surface area contributed by atoms with Crippen molar-refractivity contribution in [1.82, 2.24) is 0 Å². The standard InChI is InChI=1S/C17H12O5/c1-10-9-14(19)21-15-12(10)7-8-13(18)16(15)22-17(20)11-5-3-2-4-6-11/h2-9,18H,1H3. The number of carbonyl (C=O) groups excluding carboxylic acids is 1. The zero-order valence-electron chi connectivity index (χ0n) is 11.7. The fourth-order valence-electron chi connectivity index (χ4n) is 2.17. The number of hydrogen-bond acceptors (Lipinski definition) is 5. The van der Waals surface area contributed by atoms with Crippen LogP contribution in [0.4, 0.5) is 0 Å². The monoisotopic (exact) mass is 296 g/mol. The number of carbonyl (C=O) groups is 1.